The number of aromatic nitrogens is 2. The van der Waals surface area contributed by atoms with Gasteiger partial charge in [0.25, 0.3) is 0 Å². The highest BCUT2D eigenvalue weighted by Crippen LogP contribution is 2.27. The van der Waals surface area contributed by atoms with E-state index in [1.54, 1.807) is 39.9 Å². The SMILES string of the molecule is Cc1nn([C@@H]2CCS(=O)(=O)C2)c(C)c1/C=C/C(=O)c1ccc(N2CCCC2=O)cc1. The first kappa shape index (κ1) is 20.5. The van der Waals surface area contributed by atoms with Crippen LogP contribution in [-0.4, -0.2) is 47.9 Å². The molecule has 0 unspecified atom stereocenters. The number of allylic oxidation sites excluding steroid dienone is 1. The Hall–Kier alpha value is -2.74. The molecule has 2 aliphatic rings. The van der Waals surface area contributed by atoms with Crippen molar-refractivity contribution >= 4 is 33.3 Å². The predicted octanol–water partition coefficient (Wildman–Crippen LogP) is 2.88. The van der Waals surface area contributed by atoms with Crippen LogP contribution in [-0.2, 0) is 14.6 Å². The molecule has 1 aromatic heterocycles. The van der Waals surface area contributed by atoms with Gasteiger partial charge in [-0.1, -0.05) is 0 Å². The second-order valence-electron chi connectivity index (χ2n) is 7.98. The van der Waals surface area contributed by atoms with E-state index in [0.29, 0.717) is 18.4 Å². The van der Waals surface area contributed by atoms with E-state index >= 15 is 0 Å². The summed E-state index contributed by atoms with van der Waals surface area (Å²) in [5, 5.41) is 4.52. The molecule has 30 heavy (non-hydrogen) atoms. The lowest BCUT2D eigenvalue weighted by Crippen LogP contribution is -2.23. The van der Waals surface area contributed by atoms with Crippen LogP contribution in [0.5, 0.6) is 0 Å². The van der Waals surface area contributed by atoms with E-state index < -0.39 is 9.84 Å². The van der Waals surface area contributed by atoms with Gasteiger partial charge in [-0.15, -0.1) is 0 Å². The van der Waals surface area contributed by atoms with Crippen LogP contribution >= 0.6 is 0 Å². The molecule has 8 heteroatoms. The molecule has 2 fully saturated rings. The third-order valence-electron chi connectivity index (χ3n) is 5.87. The minimum absolute atomic E-state index is 0.114. The van der Waals surface area contributed by atoms with Gasteiger partial charge in [-0.3, -0.25) is 14.3 Å². The van der Waals surface area contributed by atoms with Gasteiger partial charge in [0.15, 0.2) is 15.6 Å². The molecule has 2 saturated heterocycles. The van der Waals surface area contributed by atoms with Crippen LogP contribution in [0.1, 0.15) is 52.6 Å². The van der Waals surface area contributed by atoms with Crippen molar-refractivity contribution in [1.82, 2.24) is 9.78 Å². The van der Waals surface area contributed by atoms with Crippen molar-refractivity contribution in [2.75, 3.05) is 23.0 Å². The normalized spacial score (nSPS) is 21.1. The average Bonchev–Trinajstić information content (AvgIpc) is 3.37. The Morgan fingerprint density at radius 2 is 1.93 bits per heavy atom. The van der Waals surface area contributed by atoms with Crippen molar-refractivity contribution in [3.05, 3.63) is 52.9 Å². The van der Waals surface area contributed by atoms with E-state index in [4.69, 9.17) is 0 Å². The second-order valence-corrected chi connectivity index (χ2v) is 10.2. The van der Waals surface area contributed by atoms with Gasteiger partial charge in [-0.25, -0.2) is 8.42 Å². The van der Waals surface area contributed by atoms with Gasteiger partial charge in [0.1, 0.15) is 0 Å². The Morgan fingerprint density at radius 1 is 1.20 bits per heavy atom. The molecule has 0 N–H and O–H groups in total. The number of aryl methyl sites for hydroxylation is 1. The van der Waals surface area contributed by atoms with Crippen molar-refractivity contribution < 1.29 is 18.0 Å². The van der Waals surface area contributed by atoms with Crippen LogP contribution in [0.3, 0.4) is 0 Å². The smallest absolute Gasteiger partial charge is 0.227 e. The van der Waals surface area contributed by atoms with E-state index in [2.05, 4.69) is 5.10 Å². The summed E-state index contributed by atoms with van der Waals surface area (Å²) in [7, 11) is -3.00. The zero-order chi connectivity index (χ0) is 21.5. The van der Waals surface area contributed by atoms with E-state index in [0.717, 1.165) is 35.6 Å². The topological polar surface area (TPSA) is 89.3 Å². The number of ketones is 1. The van der Waals surface area contributed by atoms with Gasteiger partial charge in [-0.2, -0.15) is 5.10 Å². The molecular formula is C22H25N3O4S. The molecule has 158 valence electrons. The summed E-state index contributed by atoms with van der Waals surface area (Å²) < 4.78 is 25.4. The average molecular weight is 428 g/mol. The Kier molecular flexibility index (Phi) is 5.36. The number of carbonyl (C=O) groups is 2. The van der Waals surface area contributed by atoms with Crippen LogP contribution in [0, 0.1) is 13.8 Å². The molecule has 7 nitrogen and oxygen atoms in total. The molecule has 2 aromatic rings. The van der Waals surface area contributed by atoms with Crippen molar-refractivity contribution in [3.8, 4) is 0 Å². The first-order valence-corrected chi connectivity index (χ1v) is 12.0. The van der Waals surface area contributed by atoms with Gasteiger partial charge in [-0.05, 0) is 63.1 Å². The lowest BCUT2D eigenvalue weighted by atomic mass is 10.1. The van der Waals surface area contributed by atoms with Crippen LogP contribution in [0.15, 0.2) is 30.3 Å². The minimum Gasteiger partial charge on any atom is -0.312 e. The van der Waals surface area contributed by atoms with Gasteiger partial charge >= 0.3 is 0 Å². The van der Waals surface area contributed by atoms with Gasteiger partial charge in [0.05, 0.1) is 23.2 Å². The van der Waals surface area contributed by atoms with E-state index in [1.165, 1.54) is 6.08 Å². The first-order chi connectivity index (χ1) is 14.2. The molecule has 1 amide bonds. The van der Waals surface area contributed by atoms with Crippen molar-refractivity contribution in [2.24, 2.45) is 0 Å². The highest BCUT2D eigenvalue weighted by Gasteiger charge is 2.31. The van der Waals surface area contributed by atoms with Gasteiger partial charge in [0.2, 0.25) is 5.91 Å². The molecule has 0 spiro atoms. The van der Waals surface area contributed by atoms with Crippen molar-refractivity contribution in [3.63, 3.8) is 0 Å². The third-order valence-corrected chi connectivity index (χ3v) is 7.62. The van der Waals surface area contributed by atoms with Crippen LogP contribution in [0.4, 0.5) is 5.69 Å². The lowest BCUT2D eigenvalue weighted by Gasteiger charge is -2.15. The first-order valence-electron chi connectivity index (χ1n) is 10.1. The zero-order valence-electron chi connectivity index (χ0n) is 17.2. The van der Waals surface area contributed by atoms with Gasteiger partial charge in [0, 0.05) is 35.5 Å². The zero-order valence-corrected chi connectivity index (χ0v) is 18.0. The summed E-state index contributed by atoms with van der Waals surface area (Å²) in [4.78, 5) is 26.2. The minimum atomic E-state index is -3.00. The number of anilines is 1. The van der Waals surface area contributed by atoms with E-state index in [9.17, 15) is 18.0 Å². The molecule has 1 aromatic carbocycles. The summed E-state index contributed by atoms with van der Waals surface area (Å²) in [5.41, 5.74) is 3.83. The third kappa shape index (κ3) is 3.96. The highest BCUT2D eigenvalue weighted by atomic mass is 32.2. The Bertz CT molecular complexity index is 1130. The van der Waals surface area contributed by atoms with E-state index in [-0.39, 0.29) is 29.2 Å². The standard InChI is InChI=1S/C22H25N3O4S/c1-15-20(16(2)25(23-15)19-11-13-30(28,29)14-19)9-10-21(26)17-5-7-18(8-6-17)24-12-3-4-22(24)27/h5-10,19H,3-4,11-14H2,1-2H3/b10-9+/t19-/m1/s1. The molecule has 0 radical (unpaired) electrons. The maximum Gasteiger partial charge on any atom is 0.227 e. The summed E-state index contributed by atoms with van der Waals surface area (Å²) in [5.74, 6) is 0.290. The van der Waals surface area contributed by atoms with Crippen LogP contribution in [0.25, 0.3) is 6.08 Å². The van der Waals surface area contributed by atoms with Crippen molar-refractivity contribution in [2.45, 2.75) is 39.2 Å². The monoisotopic (exact) mass is 427 g/mol. The van der Waals surface area contributed by atoms with Crippen LogP contribution in [0.2, 0.25) is 0 Å². The number of benzene rings is 1. The number of hydrogen-bond acceptors (Lipinski definition) is 5. The Labute approximate surface area is 176 Å². The lowest BCUT2D eigenvalue weighted by molar-refractivity contribution is -0.117. The number of amides is 1. The van der Waals surface area contributed by atoms with E-state index in [1.807, 2.05) is 13.8 Å². The highest BCUT2D eigenvalue weighted by molar-refractivity contribution is 7.91. The number of sulfone groups is 1. The summed E-state index contributed by atoms with van der Waals surface area (Å²) in [6.45, 7) is 4.48. The molecule has 3 heterocycles. The quantitative estimate of drug-likeness (QED) is 0.541. The molecule has 0 aliphatic carbocycles. The number of carbonyl (C=O) groups excluding carboxylic acids is 2. The second kappa shape index (κ2) is 7.83. The fraction of sp³-hybridized carbons (Fsp3) is 0.409. The maximum atomic E-state index is 12.6. The number of rotatable bonds is 5. The predicted molar refractivity (Wildman–Crippen MR) is 115 cm³/mol. The number of nitrogens with zero attached hydrogens (tertiary/aromatic N) is 3. The molecule has 0 saturated carbocycles. The molecule has 0 bridgehead atoms. The van der Waals surface area contributed by atoms with Crippen LogP contribution < -0.4 is 4.90 Å². The summed E-state index contributed by atoms with van der Waals surface area (Å²) in [6, 6.07) is 6.94. The Balaban J connectivity index is 1.50. The van der Waals surface area contributed by atoms with Crippen molar-refractivity contribution in [1.29, 1.82) is 0 Å². The summed E-state index contributed by atoms with van der Waals surface area (Å²) >= 11 is 0. The fourth-order valence-electron chi connectivity index (χ4n) is 4.22. The van der Waals surface area contributed by atoms with Gasteiger partial charge < -0.3 is 4.90 Å². The molecule has 4 rings (SSSR count). The maximum absolute atomic E-state index is 12.6. The fourth-order valence-corrected chi connectivity index (χ4v) is 5.91. The number of hydrogen-bond donors (Lipinski definition) is 0. The molecule has 1 atom stereocenters. The largest absolute Gasteiger partial charge is 0.312 e. The Morgan fingerprint density at radius 3 is 2.53 bits per heavy atom. The molecule has 2 aliphatic heterocycles. The molecular weight excluding hydrogens is 402 g/mol. The summed E-state index contributed by atoms with van der Waals surface area (Å²) in [6.07, 6.45) is 5.27.